The van der Waals surface area contributed by atoms with E-state index < -0.39 is 11.9 Å². The first-order valence-corrected chi connectivity index (χ1v) is 18.1. The molecule has 0 bridgehead atoms. The number of carbonyl (C=O) groups excluding carboxylic acids is 3. The fourth-order valence-electron chi connectivity index (χ4n) is 7.24. The number of nitrogens with zero attached hydrogens (tertiary/aromatic N) is 8. The van der Waals surface area contributed by atoms with Crippen LogP contribution in [0.3, 0.4) is 0 Å². The Hall–Kier alpha value is -6.86. The van der Waals surface area contributed by atoms with Crippen LogP contribution < -0.4 is 26.1 Å². The molecule has 0 unspecified atom stereocenters. The van der Waals surface area contributed by atoms with Crippen LogP contribution in [0.1, 0.15) is 52.6 Å². The van der Waals surface area contributed by atoms with Crippen molar-refractivity contribution in [2.24, 2.45) is 14.1 Å². The minimum atomic E-state index is -0.544. The van der Waals surface area contributed by atoms with Gasteiger partial charge in [0.05, 0.1) is 41.0 Å². The SMILES string of the molecule is Cc1cc(-c2ncc(N(C)c3cc(C4CCOCC4)c4c(c3)n(C)c(=O)n4C)cn2)cnc1C(=O)NCC#Cc1cc2c(N3CCC(=O)NC3=O)nccc2o1. The first kappa shape index (κ1) is 36.1. The van der Waals surface area contributed by atoms with E-state index in [1.807, 2.05) is 31.1 Å². The quantitative estimate of drug-likeness (QED) is 0.224. The Morgan fingerprint density at radius 2 is 1.79 bits per heavy atom. The molecule has 2 fully saturated rings. The monoisotopic (exact) mass is 754 g/mol. The van der Waals surface area contributed by atoms with Gasteiger partial charge in [-0.2, -0.15) is 0 Å². The Morgan fingerprint density at radius 3 is 2.54 bits per heavy atom. The molecule has 7 heterocycles. The molecule has 16 nitrogen and oxygen atoms in total. The van der Waals surface area contributed by atoms with Gasteiger partial charge in [-0.05, 0) is 67.0 Å². The molecule has 2 aliphatic rings. The lowest BCUT2D eigenvalue weighted by atomic mass is 9.90. The number of anilines is 3. The van der Waals surface area contributed by atoms with E-state index in [1.165, 1.54) is 11.1 Å². The van der Waals surface area contributed by atoms with Gasteiger partial charge in [-0.3, -0.25) is 33.9 Å². The number of imidazole rings is 1. The summed E-state index contributed by atoms with van der Waals surface area (Å²) in [6.45, 7) is 3.41. The maximum atomic E-state index is 13.0. The van der Waals surface area contributed by atoms with Crippen molar-refractivity contribution in [3.63, 3.8) is 0 Å². The normalized spacial score (nSPS) is 14.8. The largest absolute Gasteiger partial charge is 0.448 e. The second-order valence-electron chi connectivity index (χ2n) is 13.8. The highest BCUT2D eigenvalue weighted by atomic mass is 16.5. The van der Waals surface area contributed by atoms with Gasteiger partial charge in [-0.25, -0.2) is 24.5 Å². The van der Waals surface area contributed by atoms with Crippen molar-refractivity contribution in [1.29, 1.82) is 0 Å². The second-order valence-corrected chi connectivity index (χ2v) is 13.8. The predicted octanol–water partition coefficient (Wildman–Crippen LogP) is 4.07. The van der Waals surface area contributed by atoms with Crippen LogP contribution in [0.25, 0.3) is 33.4 Å². The molecule has 284 valence electrons. The van der Waals surface area contributed by atoms with Crippen molar-refractivity contribution in [2.75, 3.05) is 43.2 Å². The summed E-state index contributed by atoms with van der Waals surface area (Å²) in [5.74, 6) is 6.49. The molecule has 0 atom stereocenters. The average Bonchev–Trinajstić information content (AvgIpc) is 3.73. The van der Waals surface area contributed by atoms with Crippen molar-refractivity contribution in [2.45, 2.75) is 32.1 Å². The number of imide groups is 1. The number of rotatable bonds is 7. The molecule has 2 N–H and O–H groups in total. The van der Waals surface area contributed by atoms with Crippen molar-refractivity contribution < 1.29 is 23.5 Å². The van der Waals surface area contributed by atoms with E-state index in [4.69, 9.17) is 9.15 Å². The molecule has 0 saturated carbocycles. The Bertz CT molecular complexity index is 2660. The summed E-state index contributed by atoms with van der Waals surface area (Å²) < 4.78 is 14.9. The van der Waals surface area contributed by atoms with E-state index in [0.29, 0.717) is 52.7 Å². The van der Waals surface area contributed by atoms with Gasteiger partial charge in [0.2, 0.25) is 5.91 Å². The first-order valence-electron chi connectivity index (χ1n) is 18.1. The maximum absolute atomic E-state index is 13.0. The summed E-state index contributed by atoms with van der Waals surface area (Å²) in [5, 5.41) is 5.64. The molecule has 2 saturated heterocycles. The molecule has 2 aliphatic heterocycles. The smallest absolute Gasteiger partial charge is 0.329 e. The summed E-state index contributed by atoms with van der Waals surface area (Å²) in [6.07, 6.45) is 8.52. The summed E-state index contributed by atoms with van der Waals surface area (Å²) >= 11 is 0. The van der Waals surface area contributed by atoms with Crippen LogP contribution in [0, 0.1) is 18.8 Å². The number of benzene rings is 1. The number of urea groups is 1. The van der Waals surface area contributed by atoms with E-state index in [2.05, 4.69) is 48.5 Å². The Labute approximate surface area is 320 Å². The molecule has 0 spiro atoms. The van der Waals surface area contributed by atoms with Crippen LogP contribution in [0.15, 0.2) is 64.3 Å². The van der Waals surface area contributed by atoms with Gasteiger partial charge in [-0.1, -0.05) is 5.92 Å². The van der Waals surface area contributed by atoms with E-state index in [1.54, 1.807) is 53.8 Å². The van der Waals surface area contributed by atoms with Crippen LogP contribution >= 0.6 is 0 Å². The molecule has 4 amide bonds. The van der Waals surface area contributed by atoms with Crippen LogP contribution in [0.4, 0.5) is 22.0 Å². The summed E-state index contributed by atoms with van der Waals surface area (Å²) in [5.41, 5.74) is 6.58. The number of amides is 4. The second kappa shape index (κ2) is 14.8. The van der Waals surface area contributed by atoms with E-state index in [-0.39, 0.29) is 42.7 Å². The fourth-order valence-corrected chi connectivity index (χ4v) is 7.24. The van der Waals surface area contributed by atoms with Gasteiger partial charge in [0.15, 0.2) is 11.6 Å². The van der Waals surface area contributed by atoms with Gasteiger partial charge in [0.1, 0.15) is 17.1 Å². The molecule has 56 heavy (non-hydrogen) atoms. The maximum Gasteiger partial charge on any atom is 0.329 e. The standard InChI is InChI=1S/C40H38N10O6/c1-23-16-25(20-43-34(23)38(52)42-11-5-6-28-19-30-32(56-28)7-12-41-37(30)50-13-8-33(51)46-39(50)53)36-44-21-27(22-45-36)47(2)26-17-29(24-9-14-55-15-10-24)35-31(18-26)48(3)40(54)49(35)4/h7,12,16-22,24H,8-11,13-15H2,1-4H3,(H,42,52)(H,46,51,53). The van der Waals surface area contributed by atoms with Crippen LogP contribution in [0.5, 0.6) is 0 Å². The summed E-state index contributed by atoms with van der Waals surface area (Å²) in [4.78, 5) is 71.3. The Balaban J connectivity index is 0.938. The Kier molecular flexibility index (Phi) is 9.52. The zero-order valence-corrected chi connectivity index (χ0v) is 31.3. The highest BCUT2D eigenvalue weighted by Gasteiger charge is 2.28. The van der Waals surface area contributed by atoms with Gasteiger partial charge in [0.25, 0.3) is 5.91 Å². The third kappa shape index (κ3) is 6.73. The zero-order chi connectivity index (χ0) is 39.1. The van der Waals surface area contributed by atoms with E-state index >= 15 is 0 Å². The van der Waals surface area contributed by atoms with Gasteiger partial charge in [0, 0.05) is 77.0 Å². The summed E-state index contributed by atoms with van der Waals surface area (Å²) in [6, 6.07) is 8.78. The lowest BCUT2D eigenvalue weighted by molar-refractivity contribution is -0.120. The molecular weight excluding hydrogens is 717 g/mol. The van der Waals surface area contributed by atoms with Crippen molar-refractivity contribution in [3.8, 4) is 23.2 Å². The van der Waals surface area contributed by atoms with Crippen molar-refractivity contribution >= 4 is 57.0 Å². The number of fused-ring (bicyclic) bond motifs is 2. The number of hydrogen-bond acceptors (Lipinski definition) is 11. The number of aromatic nitrogens is 6. The predicted molar refractivity (Wildman–Crippen MR) is 208 cm³/mol. The number of ether oxygens (including phenoxy) is 1. The molecule has 16 heteroatoms. The number of furan rings is 1. The molecule has 0 radical (unpaired) electrons. The van der Waals surface area contributed by atoms with E-state index in [0.717, 1.165) is 40.8 Å². The third-order valence-corrected chi connectivity index (χ3v) is 10.3. The fraction of sp³-hybridized carbons (Fsp3) is 0.300. The lowest BCUT2D eigenvalue weighted by Crippen LogP contribution is -2.49. The number of aryl methyl sites for hydroxylation is 3. The molecule has 0 aliphatic carbocycles. The van der Waals surface area contributed by atoms with Crippen LogP contribution in [0.2, 0.25) is 0 Å². The average molecular weight is 755 g/mol. The topological polar surface area (TPSA) is 183 Å². The minimum Gasteiger partial charge on any atom is -0.448 e. The van der Waals surface area contributed by atoms with E-state index in [9.17, 15) is 19.2 Å². The highest BCUT2D eigenvalue weighted by molar-refractivity contribution is 6.08. The third-order valence-electron chi connectivity index (χ3n) is 10.3. The molecule has 5 aromatic heterocycles. The minimum absolute atomic E-state index is 0.0304. The molecular formula is C40H38N10O6. The Morgan fingerprint density at radius 1 is 1.00 bits per heavy atom. The first-order chi connectivity index (χ1) is 27.1. The van der Waals surface area contributed by atoms with Gasteiger partial charge < -0.3 is 19.4 Å². The number of pyridine rings is 2. The van der Waals surface area contributed by atoms with Crippen molar-refractivity contribution in [1.82, 2.24) is 39.7 Å². The van der Waals surface area contributed by atoms with Crippen molar-refractivity contribution in [3.05, 3.63) is 88.2 Å². The molecule has 6 aromatic rings. The zero-order valence-electron chi connectivity index (χ0n) is 31.3. The van der Waals surface area contributed by atoms with Gasteiger partial charge >= 0.3 is 11.7 Å². The molecule has 1 aromatic carbocycles. The number of hydrogen-bond donors (Lipinski definition) is 2. The van der Waals surface area contributed by atoms with Crippen LogP contribution in [-0.4, -0.2) is 80.3 Å². The summed E-state index contributed by atoms with van der Waals surface area (Å²) in [7, 11) is 5.56. The molecule has 8 rings (SSSR count). The van der Waals surface area contributed by atoms with Crippen LogP contribution in [-0.2, 0) is 23.6 Å². The number of carbonyl (C=O) groups is 3. The lowest BCUT2D eigenvalue weighted by Gasteiger charge is -2.26. The van der Waals surface area contributed by atoms with Gasteiger partial charge in [-0.15, -0.1) is 0 Å². The number of nitrogens with one attached hydrogen (secondary N) is 2. The highest BCUT2D eigenvalue weighted by Crippen LogP contribution is 2.37.